The normalized spacial score (nSPS) is 26.6. The molecular weight excluding hydrogens is 357 g/mol. The van der Waals surface area contributed by atoms with Crippen LogP contribution in [0.4, 0.5) is 10.2 Å². The van der Waals surface area contributed by atoms with Crippen LogP contribution in [-0.4, -0.2) is 35.6 Å². The van der Waals surface area contributed by atoms with Crippen LogP contribution in [-0.2, 0) is 14.6 Å². The lowest BCUT2D eigenvalue weighted by atomic mass is 10.1. The van der Waals surface area contributed by atoms with Crippen molar-refractivity contribution in [2.45, 2.75) is 31.7 Å². The molecular formula is C18H20FN3O3S. The fourth-order valence-electron chi connectivity index (χ4n) is 3.68. The van der Waals surface area contributed by atoms with Gasteiger partial charge in [0.05, 0.1) is 23.2 Å². The second-order valence-electron chi connectivity index (χ2n) is 7.13. The Hall–Kier alpha value is -2.22. The molecule has 1 amide bonds. The number of halogens is 1. The molecule has 0 spiro atoms. The number of rotatable bonds is 4. The van der Waals surface area contributed by atoms with Crippen molar-refractivity contribution in [2.75, 3.05) is 16.8 Å². The lowest BCUT2D eigenvalue weighted by Gasteiger charge is -2.14. The first-order valence-corrected chi connectivity index (χ1v) is 10.5. The average Bonchev–Trinajstić information content (AvgIpc) is 3.17. The largest absolute Gasteiger partial charge is 0.311 e. The number of sulfone groups is 1. The lowest BCUT2D eigenvalue weighted by Crippen LogP contribution is -2.21. The smallest absolute Gasteiger partial charge is 0.229 e. The minimum atomic E-state index is -3.05. The molecule has 138 valence electrons. The molecule has 26 heavy (non-hydrogen) atoms. The molecule has 4 rings (SSSR count). The third-order valence-electron chi connectivity index (χ3n) is 5.10. The van der Waals surface area contributed by atoms with Crippen molar-refractivity contribution in [2.24, 2.45) is 5.92 Å². The molecule has 1 aromatic heterocycles. The standard InChI is InChI=1S/C18H20FN3O3S/c1-11-8-17(22(21-11)12-6-7-26(24,25)10-12)20-18(23)15-9-14(15)13-4-2-3-5-16(13)19/h2-5,8,12,14-15H,6-7,9-10H2,1H3,(H,20,23). The fraction of sp³-hybridized carbons (Fsp3) is 0.444. The van der Waals surface area contributed by atoms with Gasteiger partial charge < -0.3 is 5.32 Å². The van der Waals surface area contributed by atoms with E-state index in [1.807, 2.05) is 0 Å². The molecule has 3 atom stereocenters. The van der Waals surface area contributed by atoms with Crippen molar-refractivity contribution in [1.82, 2.24) is 9.78 Å². The number of hydrogen-bond acceptors (Lipinski definition) is 4. The topological polar surface area (TPSA) is 81.1 Å². The van der Waals surface area contributed by atoms with Gasteiger partial charge in [0.2, 0.25) is 5.91 Å². The summed E-state index contributed by atoms with van der Waals surface area (Å²) in [5, 5.41) is 7.22. The van der Waals surface area contributed by atoms with Crippen LogP contribution in [0.15, 0.2) is 30.3 Å². The van der Waals surface area contributed by atoms with E-state index in [1.54, 1.807) is 35.9 Å². The molecule has 1 aliphatic heterocycles. The van der Waals surface area contributed by atoms with E-state index in [1.165, 1.54) is 6.07 Å². The molecule has 6 nitrogen and oxygen atoms in total. The molecule has 1 N–H and O–H groups in total. The Labute approximate surface area is 151 Å². The van der Waals surface area contributed by atoms with Gasteiger partial charge in [-0.15, -0.1) is 0 Å². The zero-order valence-corrected chi connectivity index (χ0v) is 15.2. The van der Waals surface area contributed by atoms with E-state index in [2.05, 4.69) is 10.4 Å². The van der Waals surface area contributed by atoms with Crippen molar-refractivity contribution >= 4 is 21.6 Å². The summed E-state index contributed by atoms with van der Waals surface area (Å²) in [5.74, 6) is -0.164. The second kappa shape index (κ2) is 6.19. The van der Waals surface area contributed by atoms with Crippen molar-refractivity contribution in [1.29, 1.82) is 0 Å². The summed E-state index contributed by atoms with van der Waals surface area (Å²) in [7, 11) is -3.05. The van der Waals surface area contributed by atoms with Gasteiger partial charge in [-0.25, -0.2) is 17.5 Å². The van der Waals surface area contributed by atoms with E-state index >= 15 is 0 Å². The quantitative estimate of drug-likeness (QED) is 0.887. The lowest BCUT2D eigenvalue weighted by molar-refractivity contribution is -0.117. The minimum absolute atomic E-state index is 0.0400. The number of nitrogens with one attached hydrogen (secondary N) is 1. The van der Waals surface area contributed by atoms with E-state index in [0.29, 0.717) is 29.9 Å². The summed E-state index contributed by atoms with van der Waals surface area (Å²) in [6.07, 6.45) is 1.10. The van der Waals surface area contributed by atoms with Crippen LogP contribution < -0.4 is 5.32 Å². The summed E-state index contributed by atoms with van der Waals surface area (Å²) in [6.45, 7) is 1.80. The van der Waals surface area contributed by atoms with Crippen LogP contribution in [0, 0.1) is 18.7 Å². The fourth-order valence-corrected chi connectivity index (χ4v) is 5.37. The van der Waals surface area contributed by atoms with Gasteiger partial charge in [0.25, 0.3) is 0 Å². The van der Waals surface area contributed by atoms with E-state index < -0.39 is 9.84 Å². The van der Waals surface area contributed by atoms with Crippen LogP contribution in [0.25, 0.3) is 0 Å². The number of aromatic nitrogens is 2. The summed E-state index contributed by atoms with van der Waals surface area (Å²) in [4.78, 5) is 12.6. The summed E-state index contributed by atoms with van der Waals surface area (Å²) >= 11 is 0. The zero-order valence-electron chi connectivity index (χ0n) is 14.4. The molecule has 2 fully saturated rings. The predicted molar refractivity (Wildman–Crippen MR) is 95.1 cm³/mol. The number of anilines is 1. The molecule has 1 aliphatic carbocycles. The Bertz CT molecular complexity index is 970. The Morgan fingerprint density at radius 1 is 1.35 bits per heavy atom. The van der Waals surface area contributed by atoms with Crippen LogP contribution >= 0.6 is 0 Å². The molecule has 3 unspecified atom stereocenters. The van der Waals surface area contributed by atoms with Crippen molar-refractivity contribution in [3.8, 4) is 0 Å². The highest BCUT2D eigenvalue weighted by atomic mass is 32.2. The molecule has 1 aromatic carbocycles. The Balaban J connectivity index is 1.49. The first-order valence-electron chi connectivity index (χ1n) is 8.66. The van der Waals surface area contributed by atoms with Gasteiger partial charge >= 0.3 is 0 Å². The number of benzene rings is 1. The van der Waals surface area contributed by atoms with E-state index in [9.17, 15) is 17.6 Å². The van der Waals surface area contributed by atoms with Crippen LogP contribution in [0.2, 0.25) is 0 Å². The summed E-state index contributed by atoms with van der Waals surface area (Å²) in [5.41, 5.74) is 1.28. The minimum Gasteiger partial charge on any atom is -0.311 e. The number of hydrogen-bond donors (Lipinski definition) is 1. The molecule has 0 bridgehead atoms. The van der Waals surface area contributed by atoms with Gasteiger partial charge in [0.1, 0.15) is 11.6 Å². The van der Waals surface area contributed by atoms with Gasteiger partial charge in [0, 0.05) is 12.0 Å². The van der Waals surface area contributed by atoms with Gasteiger partial charge in [-0.1, -0.05) is 18.2 Å². The number of carbonyl (C=O) groups is 1. The van der Waals surface area contributed by atoms with E-state index in [-0.39, 0.29) is 41.1 Å². The summed E-state index contributed by atoms with van der Waals surface area (Å²) in [6, 6.07) is 8.00. The molecule has 2 aliphatic rings. The van der Waals surface area contributed by atoms with Crippen molar-refractivity contribution in [3.05, 3.63) is 47.4 Å². The molecule has 2 aromatic rings. The summed E-state index contributed by atoms with van der Waals surface area (Å²) < 4.78 is 39.0. The second-order valence-corrected chi connectivity index (χ2v) is 9.36. The van der Waals surface area contributed by atoms with Crippen LogP contribution in [0.3, 0.4) is 0 Å². The third-order valence-corrected chi connectivity index (χ3v) is 6.85. The maximum Gasteiger partial charge on any atom is 0.229 e. The Kier molecular flexibility index (Phi) is 4.10. The first-order chi connectivity index (χ1) is 12.3. The average molecular weight is 377 g/mol. The van der Waals surface area contributed by atoms with Gasteiger partial charge in [-0.05, 0) is 37.3 Å². The number of nitrogens with zero attached hydrogens (tertiary/aromatic N) is 2. The van der Waals surface area contributed by atoms with Gasteiger partial charge in [0.15, 0.2) is 9.84 Å². The maximum atomic E-state index is 13.9. The molecule has 1 saturated carbocycles. The third kappa shape index (κ3) is 3.25. The van der Waals surface area contributed by atoms with E-state index in [0.717, 1.165) is 0 Å². The highest BCUT2D eigenvalue weighted by molar-refractivity contribution is 7.91. The van der Waals surface area contributed by atoms with Gasteiger partial charge in [-0.2, -0.15) is 5.10 Å². The van der Waals surface area contributed by atoms with Gasteiger partial charge in [-0.3, -0.25) is 4.79 Å². The zero-order chi connectivity index (χ0) is 18.5. The Morgan fingerprint density at radius 3 is 2.81 bits per heavy atom. The maximum absolute atomic E-state index is 13.9. The molecule has 0 radical (unpaired) electrons. The highest BCUT2D eigenvalue weighted by Gasteiger charge is 2.45. The molecule has 2 heterocycles. The number of aryl methyl sites for hydroxylation is 1. The predicted octanol–water partition coefficient (Wildman–Crippen LogP) is 2.43. The number of amides is 1. The SMILES string of the molecule is Cc1cc(NC(=O)C2CC2c2ccccc2F)n(C2CCS(=O)(=O)C2)n1. The Morgan fingerprint density at radius 2 is 2.12 bits per heavy atom. The molecule has 8 heteroatoms. The van der Waals surface area contributed by atoms with E-state index in [4.69, 9.17) is 0 Å². The molecule has 1 saturated heterocycles. The van der Waals surface area contributed by atoms with Crippen molar-refractivity contribution < 1.29 is 17.6 Å². The van der Waals surface area contributed by atoms with Crippen molar-refractivity contribution in [3.63, 3.8) is 0 Å². The first kappa shape index (κ1) is 17.2. The monoisotopic (exact) mass is 377 g/mol. The number of carbonyl (C=O) groups excluding carboxylic acids is 1. The van der Waals surface area contributed by atoms with Crippen LogP contribution in [0.5, 0.6) is 0 Å². The highest BCUT2D eigenvalue weighted by Crippen LogP contribution is 2.48. The van der Waals surface area contributed by atoms with Crippen LogP contribution in [0.1, 0.15) is 36.1 Å².